The number of hydrogen-bond acceptors (Lipinski definition) is 3. The minimum absolute atomic E-state index is 0.113. The molecule has 0 atom stereocenters. The molecule has 1 aromatic carbocycles. The van der Waals surface area contributed by atoms with E-state index in [0.717, 1.165) is 0 Å². The fourth-order valence-corrected chi connectivity index (χ4v) is 1.46. The first kappa shape index (κ1) is 17.6. The molecular weight excluding hydrogens is 275 g/mol. The minimum Gasteiger partial charge on any atom is -0.307 e. The van der Waals surface area contributed by atoms with Gasteiger partial charge in [0.15, 0.2) is 0 Å². The van der Waals surface area contributed by atoms with Gasteiger partial charge in [0.2, 0.25) is 0 Å². The fraction of sp³-hybridized carbons (Fsp3) is 0.0769. The van der Waals surface area contributed by atoms with Gasteiger partial charge < -0.3 is 4.79 Å². The Hall–Kier alpha value is -2.41. The maximum Gasteiger partial charge on any atom is 0.544 e. The lowest BCUT2D eigenvalue weighted by molar-refractivity contribution is -0.384. The average Bonchev–Trinajstić information content (AvgIpc) is 2.68. The van der Waals surface area contributed by atoms with Crippen LogP contribution < -0.4 is 0 Å². The van der Waals surface area contributed by atoms with E-state index in [1.165, 1.54) is 12.1 Å². The lowest BCUT2D eigenvalue weighted by Crippen LogP contribution is -2.30. The van der Waals surface area contributed by atoms with E-state index in [1.54, 1.807) is 12.1 Å². The summed E-state index contributed by atoms with van der Waals surface area (Å²) in [5, 5.41) is 0.157. The molecule has 0 spiro atoms. The van der Waals surface area contributed by atoms with Crippen LogP contribution in [0.1, 0.15) is 15.9 Å². The first-order valence-corrected chi connectivity index (χ1v) is 5.07. The summed E-state index contributed by atoms with van der Waals surface area (Å²) in [5.74, 6) is -0.863. The molecule has 20 heavy (non-hydrogen) atoms. The summed E-state index contributed by atoms with van der Waals surface area (Å²) >= 11 is 0. The molecule has 0 fully saturated rings. The van der Waals surface area contributed by atoms with Crippen LogP contribution in [0.3, 0.4) is 0 Å². The third-order valence-corrected chi connectivity index (χ3v) is 2.09. The lowest BCUT2D eigenvalue weighted by atomic mass is 10.1. The van der Waals surface area contributed by atoms with Gasteiger partial charge in [-0.2, -0.15) is 9.90 Å². The van der Waals surface area contributed by atoms with Gasteiger partial charge in [-0.1, -0.05) is 24.8 Å². The van der Waals surface area contributed by atoms with Crippen LogP contribution in [-0.4, -0.2) is 24.1 Å². The highest BCUT2D eigenvalue weighted by atomic mass is 19.4. The summed E-state index contributed by atoms with van der Waals surface area (Å²) in [4.78, 5) is 23.1. The van der Waals surface area contributed by atoms with Gasteiger partial charge in [-0.15, -0.1) is 26.3 Å². The number of hydroxylamine groups is 2. The molecule has 1 amide bonds. The van der Waals surface area contributed by atoms with Crippen molar-refractivity contribution in [2.75, 3.05) is 0 Å². The van der Waals surface area contributed by atoms with Crippen molar-refractivity contribution in [3.8, 4) is 0 Å². The van der Waals surface area contributed by atoms with Crippen LogP contribution in [0.4, 0.5) is 13.2 Å². The Morgan fingerprint density at radius 3 is 1.90 bits per heavy atom. The number of rotatable bonds is 1. The van der Waals surface area contributed by atoms with Crippen molar-refractivity contribution in [3.05, 3.63) is 55.1 Å². The van der Waals surface area contributed by atoms with Gasteiger partial charge >= 0.3 is 6.36 Å². The highest BCUT2D eigenvalue weighted by Crippen LogP contribution is 2.34. The van der Waals surface area contributed by atoms with Crippen molar-refractivity contribution in [2.24, 2.45) is 0 Å². The standard InChI is InChI=1S/C10H6F3NO2.C2H4.CH2O/c1-6-7-4-2-3-5-8(7)9(15)14(6)16-10(11,12)13;2*1-2/h2-5H,1H2;1-2H2;1H2. The Bertz CT molecular complexity index is 463. The quantitative estimate of drug-likeness (QED) is 0.745. The van der Waals surface area contributed by atoms with E-state index in [4.69, 9.17) is 4.79 Å². The SMILES string of the molecule is C=C.C=C1c2ccccc2C(=O)N1OC(F)(F)F.C=O. The Morgan fingerprint density at radius 1 is 1.05 bits per heavy atom. The zero-order valence-corrected chi connectivity index (χ0v) is 10.4. The molecule has 0 saturated carbocycles. The molecule has 0 saturated heterocycles. The van der Waals surface area contributed by atoms with E-state index in [9.17, 15) is 18.0 Å². The van der Waals surface area contributed by atoms with E-state index in [0.29, 0.717) is 5.56 Å². The van der Waals surface area contributed by atoms with Crippen LogP contribution in [0.5, 0.6) is 0 Å². The molecule has 1 aromatic rings. The molecule has 1 aliphatic heterocycles. The van der Waals surface area contributed by atoms with E-state index < -0.39 is 12.3 Å². The number of amides is 1. The highest BCUT2D eigenvalue weighted by Gasteiger charge is 2.41. The summed E-state index contributed by atoms with van der Waals surface area (Å²) in [6.45, 7) is 11.4. The molecule has 0 radical (unpaired) electrons. The van der Waals surface area contributed by atoms with Crippen molar-refractivity contribution >= 4 is 18.4 Å². The number of carbonyl (C=O) groups is 2. The summed E-state index contributed by atoms with van der Waals surface area (Å²) in [5.41, 5.74) is 0.381. The molecular formula is C13H12F3NO3. The van der Waals surface area contributed by atoms with Crippen molar-refractivity contribution in [1.82, 2.24) is 5.06 Å². The van der Waals surface area contributed by atoms with E-state index in [2.05, 4.69) is 24.6 Å². The Morgan fingerprint density at radius 2 is 1.50 bits per heavy atom. The zero-order chi connectivity index (χ0) is 15.9. The first-order chi connectivity index (χ1) is 9.40. The molecule has 0 aromatic heterocycles. The second-order valence-electron chi connectivity index (χ2n) is 3.13. The van der Waals surface area contributed by atoms with Crippen LogP contribution >= 0.6 is 0 Å². The van der Waals surface area contributed by atoms with Gasteiger partial charge in [0.05, 0.1) is 11.3 Å². The lowest BCUT2D eigenvalue weighted by Gasteiger charge is -2.17. The maximum atomic E-state index is 12.0. The number of nitrogens with zero attached hydrogens (tertiary/aromatic N) is 1. The van der Waals surface area contributed by atoms with Crippen LogP contribution in [-0.2, 0) is 9.63 Å². The first-order valence-electron chi connectivity index (χ1n) is 5.07. The number of carbonyl (C=O) groups excluding carboxylic acids is 2. The fourth-order valence-electron chi connectivity index (χ4n) is 1.46. The molecule has 4 nitrogen and oxygen atoms in total. The normalized spacial score (nSPS) is 12.8. The summed E-state index contributed by atoms with van der Waals surface area (Å²) in [6, 6.07) is 6.09. The van der Waals surface area contributed by atoms with E-state index in [-0.39, 0.29) is 16.3 Å². The molecule has 0 aliphatic carbocycles. The molecule has 7 heteroatoms. The molecule has 1 aliphatic rings. The maximum absolute atomic E-state index is 12.0. The van der Waals surface area contributed by atoms with Crippen molar-refractivity contribution in [2.45, 2.75) is 6.36 Å². The zero-order valence-electron chi connectivity index (χ0n) is 10.4. The molecule has 0 bridgehead atoms. The van der Waals surface area contributed by atoms with Gasteiger partial charge in [-0.25, -0.2) is 0 Å². The largest absolute Gasteiger partial charge is 0.544 e. The van der Waals surface area contributed by atoms with E-state index in [1.807, 2.05) is 6.79 Å². The molecule has 0 N–H and O–H groups in total. The van der Waals surface area contributed by atoms with Crippen molar-refractivity contribution in [3.63, 3.8) is 0 Å². The summed E-state index contributed by atoms with van der Waals surface area (Å²) in [7, 11) is 0. The summed E-state index contributed by atoms with van der Waals surface area (Å²) in [6.07, 6.45) is -4.92. The Kier molecular flexibility index (Phi) is 6.37. The van der Waals surface area contributed by atoms with Crippen LogP contribution in [0.15, 0.2) is 44.0 Å². The van der Waals surface area contributed by atoms with Gasteiger partial charge in [0, 0.05) is 5.56 Å². The van der Waals surface area contributed by atoms with Gasteiger partial charge in [0.25, 0.3) is 5.91 Å². The predicted octanol–water partition coefficient (Wildman–Crippen LogP) is 3.18. The van der Waals surface area contributed by atoms with Crippen LogP contribution in [0, 0.1) is 0 Å². The van der Waals surface area contributed by atoms with Gasteiger partial charge in [-0.05, 0) is 6.07 Å². The highest BCUT2D eigenvalue weighted by molar-refractivity contribution is 6.07. The molecule has 2 rings (SSSR count). The molecule has 0 unspecified atom stereocenters. The Labute approximate surface area is 113 Å². The number of halogens is 3. The smallest absolute Gasteiger partial charge is 0.307 e. The van der Waals surface area contributed by atoms with Crippen molar-refractivity contribution in [1.29, 1.82) is 0 Å². The van der Waals surface area contributed by atoms with Crippen LogP contribution in [0.25, 0.3) is 5.70 Å². The second-order valence-corrected chi connectivity index (χ2v) is 3.13. The Balaban J connectivity index is 0.000000829. The minimum atomic E-state index is -4.92. The number of alkyl halides is 3. The molecule has 108 valence electrons. The number of hydrogen-bond donors (Lipinski definition) is 0. The van der Waals surface area contributed by atoms with Crippen molar-refractivity contribution < 1.29 is 27.6 Å². The van der Waals surface area contributed by atoms with Gasteiger partial charge in [0.1, 0.15) is 6.79 Å². The monoisotopic (exact) mass is 287 g/mol. The van der Waals surface area contributed by atoms with Crippen LogP contribution in [0.2, 0.25) is 0 Å². The average molecular weight is 287 g/mol. The predicted molar refractivity (Wildman–Crippen MR) is 67.2 cm³/mol. The second kappa shape index (κ2) is 7.25. The third kappa shape index (κ3) is 3.79. The third-order valence-electron chi connectivity index (χ3n) is 2.09. The summed E-state index contributed by atoms with van der Waals surface area (Å²) < 4.78 is 36.1. The molecule has 1 heterocycles. The van der Waals surface area contributed by atoms with E-state index >= 15 is 0 Å². The number of benzene rings is 1. The van der Waals surface area contributed by atoms with Gasteiger partial charge in [-0.3, -0.25) is 4.79 Å². The number of fused-ring (bicyclic) bond motifs is 1. The topological polar surface area (TPSA) is 46.6 Å².